The van der Waals surface area contributed by atoms with Gasteiger partial charge in [0.05, 0.1) is 5.41 Å². The fourth-order valence-electron chi connectivity index (χ4n) is 3.03. The van der Waals surface area contributed by atoms with Crippen LogP contribution in [0.2, 0.25) is 0 Å². The smallest absolute Gasteiger partial charge is 0.316 e. The fourth-order valence-corrected chi connectivity index (χ4v) is 3.76. The minimum Gasteiger partial charge on any atom is -0.426 e. The molecule has 1 aliphatic rings. The molecule has 0 bridgehead atoms. The molecule has 0 atom stereocenters. The molecule has 0 aliphatic heterocycles. The Morgan fingerprint density at radius 3 is 2.33 bits per heavy atom. The maximum absolute atomic E-state index is 12.3. The number of ether oxygens (including phenoxy) is 1. The third-order valence-corrected chi connectivity index (χ3v) is 5.31. The molecule has 0 radical (unpaired) electrons. The highest BCUT2D eigenvalue weighted by atomic mass is 79.9. The Balaban J connectivity index is 1.99. The summed E-state index contributed by atoms with van der Waals surface area (Å²) in [7, 11) is 0. The number of carbonyl (C=O) groups is 1. The van der Waals surface area contributed by atoms with Gasteiger partial charge >= 0.3 is 5.97 Å². The average Bonchev–Trinajstić information content (AvgIpc) is 2.79. The van der Waals surface area contributed by atoms with Crippen LogP contribution in [-0.4, -0.2) is 5.97 Å². The second-order valence-corrected chi connectivity index (χ2v) is 8.65. The van der Waals surface area contributed by atoms with E-state index in [-0.39, 0.29) is 11.7 Å². The standard InChI is InChI=1S/C22H22BrFO3/c1-22(2,3)21(25)26-17-11-12-18-15(13-17)5-4-6-19(23)20(18)14-7-9-16(27-24)10-8-14/h7-13H,4-6H2,1-3H3. The van der Waals surface area contributed by atoms with Crippen LogP contribution in [0.15, 0.2) is 46.9 Å². The van der Waals surface area contributed by atoms with E-state index in [4.69, 9.17) is 4.74 Å². The molecule has 0 aromatic heterocycles. The number of halogens is 2. The van der Waals surface area contributed by atoms with Crippen molar-refractivity contribution in [1.29, 1.82) is 0 Å². The van der Waals surface area contributed by atoms with Gasteiger partial charge in [0.25, 0.3) is 0 Å². The molecule has 27 heavy (non-hydrogen) atoms. The summed E-state index contributed by atoms with van der Waals surface area (Å²) in [5.41, 5.74) is 3.71. The van der Waals surface area contributed by atoms with Crippen molar-refractivity contribution in [3.05, 3.63) is 63.6 Å². The molecule has 2 aromatic carbocycles. The quantitative estimate of drug-likeness (QED) is 0.416. The van der Waals surface area contributed by atoms with E-state index < -0.39 is 5.41 Å². The molecule has 1 aliphatic carbocycles. The summed E-state index contributed by atoms with van der Waals surface area (Å²) in [6.07, 6.45) is 2.78. The lowest BCUT2D eigenvalue weighted by Gasteiger charge is -2.18. The summed E-state index contributed by atoms with van der Waals surface area (Å²) in [6, 6.07) is 12.7. The Morgan fingerprint density at radius 2 is 1.70 bits per heavy atom. The van der Waals surface area contributed by atoms with Crippen LogP contribution in [0.4, 0.5) is 4.53 Å². The lowest BCUT2D eigenvalue weighted by Crippen LogP contribution is -2.25. The predicted molar refractivity (Wildman–Crippen MR) is 108 cm³/mol. The second kappa shape index (κ2) is 7.85. The molecule has 142 valence electrons. The van der Waals surface area contributed by atoms with Crippen LogP contribution >= 0.6 is 15.9 Å². The maximum atomic E-state index is 12.3. The first-order valence-corrected chi connectivity index (χ1v) is 9.72. The zero-order valence-electron chi connectivity index (χ0n) is 15.6. The van der Waals surface area contributed by atoms with Crippen molar-refractivity contribution >= 4 is 27.5 Å². The molecule has 0 spiro atoms. The zero-order chi connectivity index (χ0) is 19.6. The second-order valence-electron chi connectivity index (χ2n) is 7.69. The molecule has 0 N–H and O–H groups in total. The van der Waals surface area contributed by atoms with Gasteiger partial charge in [-0.05, 0) is 86.6 Å². The van der Waals surface area contributed by atoms with Crippen LogP contribution in [0.1, 0.15) is 50.3 Å². The van der Waals surface area contributed by atoms with Crippen LogP contribution in [0.3, 0.4) is 0 Å². The van der Waals surface area contributed by atoms with Gasteiger partial charge in [0.1, 0.15) is 5.75 Å². The highest BCUT2D eigenvalue weighted by Crippen LogP contribution is 2.39. The summed E-state index contributed by atoms with van der Waals surface area (Å²) in [5, 5.41) is 0. The Labute approximate surface area is 167 Å². The van der Waals surface area contributed by atoms with Gasteiger partial charge in [0, 0.05) is 9.01 Å². The van der Waals surface area contributed by atoms with Crippen molar-refractivity contribution in [2.75, 3.05) is 0 Å². The average molecular weight is 433 g/mol. The van der Waals surface area contributed by atoms with E-state index in [1.54, 1.807) is 12.1 Å². The third-order valence-electron chi connectivity index (χ3n) is 4.51. The van der Waals surface area contributed by atoms with Crippen molar-refractivity contribution in [2.45, 2.75) is 40.0 Å². The zero-order valence-corrected chi connectivity index (χ0v) is 17.2. The first-order valence-electron chi connectivity index (χ1n) is 8.93. The van der Waals surface area contributed by atoms with Gasteiger partial charge < -0.3 is 4.74 Å². The van der Waals surface area contributed by atoms with Crippen LogP contribution in [0, 0.1) is 5.41 Å². The van der Waals surface area contributed by atoms with Crippen molar-refractivity contribution in [1.82, 2.24) is 0 Å². The van der Waals surface area contributed by atoms with Crippen LogP contribution in [0.5, 0.6) is 11.5 Å². The first-order chi connectivity index (χ1) is 12.8. The molecule has 0 heterocycles. The summed E-state index contributed by atoms with van der Waals surface area (Å²) in [6.45, 7) is 5.50. The minimum atomic E-state index is -0.554. The van der Waals surface area contributed by atoms with Crippen LogP contribution in [0.25, 0.3) is 5.57 Å². The van der Waals surface area contributed by atoms with Crippen molar-refractivity contribution in [3.63, 3.8) is 0 Å². The summed E-state index contributed by atoms with van der Waals surface area (Å²) >= 11 is 3.72. The molecular formula is C22H22BrFO3. The molecule has 3 rings (SSSR count). The maximum Gasteiger partial charge on any atom is 0.316 e. The fraction of sp³-hybridized carbons (Fsp3) is 0.318. The first kappa shape index (κ1) is 19.6. The van der Waals surface area contributed by atoms with Gasteiger partial charge in [-0.15, -0.1) is 0 Å². The molecule has 5 heteroatoms. The number of aryl methyl sites for hydroxylation is 1. The summed E-state index contributed by atoms with van der Waals surface area (Å²) in [4.78, 5) is 16.0. The number of rotatable bonds is 3. The highest BCUT2D eigenvalue weighted by molar-refractivity contribution is 9.11. The SMILES string of the molecule is CC(C)(C)C(=O)Oc1ccc2c(c1)CCCC(Br)=C2c1ccc(OF)cc1. The molecule has 0 saturated heterocycles. The Bertz CT molecular complexity index is 879. The molecule has 0 amide bonds. The molecule has 3 nitrogen and oxygen atoms in total. The van der Waals surface area contributed by atoms with Crippen molar-refractivity contribution in [2.24, 2.45) is 5.41 Å². The molecule has 2 aromatic rings. The molecular weight excluding hydrogens is 411 g/mol. The number of benzene rings is 2. The van der Waals surface area contributed by atoms with E-state index in [9.17, 15) is 9.32 Å². The van der Waals surface area contributed by atoms with E-state index in [2.05, 4.69) is 20.9 Å². The Kier molecular flexibility index (Phi) is 5.70. The van der Waals surface area contributed by atoms with Crippen molar-refractivity contribution in [3.8, 4) is 11.5 Å². The van der Waals surface area contributed by atoms with E-state index in [0.29, 0.717) is 5.75 Å². The molecule has 0 unspecified atom stereocenters. The van der Waals surface area contributed by atoms with Crippen LogP contribution < -0.4 is 9.68 Å². The third kappa shape index (κ3) is 4.41. The monoisotopic (exact) mass is 432 g/mol. The summed E-state index contributed by atoms with van der Waals surface area (Å²) < 4.78 is 19.0. The number of carbonyl (C=O) groups excluding carboxylic acids is 1. The number of fused-ring (bicyclic) bond motifs is 1. The number of esters is 1. The number of allylic oxidation sites excluding steroid dienone is 1. The van der Waals surface area contributed by atoms with Gasteiger partial charge in [-0.2, -0.15) is 0 Å². The van der Waals surface area contributed by atoms with Crippen molar-refractivity contribution < 1.29 is 19.0 Å². The highest BCUT2D eigenvalue weighted by Gasteiger charge is 2.25. The number of hydrogen-bond acceptors (Lipinski definition) is 3. The Morgan fingerprint density at radius 1 is 1.04 bits per heavy atom. The normalized spacial score (nSPS) is 14.4. The molecule has 0 saturated carbocycles. The predicted octanol–water partition coefficient (Wildman–Crippen LogP) is 6.39. The molecule has 0 fully saturated rings. The van der Waals surface area contributed by atoms with Gasteiger partial charge in [-0.3, -0.25) is 9.74 Å². The topological polar surface area (TPSA) is 35.5 Å². The van der Waals surface area contributed by atoms with Gasteiger partial charge in [-0.25, -0.2) is 0 Å². The largest absolute Gasteiger partial charge is 0.426 e. The van der Waals surface area contributed by atoms with E-state index in [0.717, 1.165) is 46.0 Å². The van der Waals surface area contributed by atoms with E-state index >= 15 is 0 Å². The van der Waals surface area contributed by atoms with Crippen LogP contribution in [-0.2, 0) is 11.2 Å². The van der Waals surface area contributed by atoms with Gasteiger partial charge in [0.15, 0.2) is 5.75 Å². The van der Waals surface area contributed by atoms with Gasteiger partial charge in [0.2, 0.25) is 0 Å². The van der Waals surface area contributed by atoms with E-state index in [1.807, 2.05) is 51.1 Å². The van der Waals surface area contributed by atoms with E-state index in [1.165, 1.54) is 0 Å². The lowest BCUT2D eigenvalue weighted by molar-refractivity contribution is -0.142. The number of hydrogen-bond donors (Lipinski definition) is 0. The minimum absolute atomic E-state index is 0.175. The Hall–Kier alpha value is -2.14. The van der Waals surface area contributed by atoms with Gasteiger partial charge in [-0.1, -0.05) is 34.1 Å². The lowest BCUT2D eigenvalue weighted by atomic mass is 9.93. The summed E-state index contributed by atoms with van der Waals surface area (Å²) in [5.74, 6) is 0.482.